The Morgan fingerprint density at radius 3 is 2.45 bits per heavy atom. The number of fused-ring (bicyclic) bond motifs is 2. The SMILES string of the molecule is CN(C)C[C@]12CC1N(C(=O)Cn1nc(C(N)=O)c3ccc(C(=O)NS(=O)(=O)C4CC4)cc31)[C@H](C(=O)Nc1cccc(-c3ccccc3Cl)c1F)C2. The maximum atomic E-state index is 15.8. The Morgan fingerprint density at radius 2 is 1.76 bits per heavy atom. The van der Waals surface area contributed by atoms with Crippen molar-refractivity contribution in [2.75, 3.05) is 26.0 Å². The van der Waals surface area contributed by atoms with Gasteiger partial charge < -0.3 is 20.9 Å². The molecule has 3 atom stereocenters. The number of aromatic nitrogens is 2. The van der Waals surface area contributed by atoms with Gasteiger partial charge in [0, 0.05) is 45.1 Å². The van der Waals surface area contributed by atoms with E-state index in [1.807, 2.05) is 19.0 Å². The second-order valence-corrected chi connectivity index (χ2v) is 16.1. The molecule has 3 fully saturated rings. The molecule has 51 heavy (non-hydrogen) atoms. The Balaban J connectivity index is 1.18. The minimum absolute atomic E-state index is 0.0250. The second-order valence-electron chi connectivity index (χ2n) is 13.8. The highest BCUT2D eigenvalue weighted by Crippen LogP contribution is 2.60. The fraction of sp³-hybridized carbons (Fsp3) is 0.343. The van der Waals surface area contributed by atoms with Crippen molar-refractivity contribution >= 4 is 61.8 Å². The van der Waals surface area contributed by atoms with Crippen LogP contribution in [0, 0.1) is 11.2 Å². The molecule has 266 valence electrons. The smallest absolute Gasteiger partial charge is 0.269 e. The summed E-state index contributed by atoms with van der Waals surface area (Å²) in [7, 11) is -0.0244. The fourth-order valence-corrected chi connectivity index (χ4v) is 8.82. The largest absolute Gasteiger partial charge is 0.364 e. The molecular formula is C35H35ClFN7O6S. The molecule has 0 bridgehead atoms. The van der Waals surface area contributed by atoms with E-state index in [2.05, 4.69) is 15.1 Å². The summed E-state index contributed by atoms with van der Waals surface area (Å²) in [5.41, 5.74) is 5.87. The molecule has 1 aromatic heterocycles. The van der Waals surface area contributed by atoms with Crippen molar-refractivity contribution in [2.24, 2.45) is 11.1 Å². The van der Waals surface area contributed by atoms with Gasteiger partial charge in [0.1, 0.15) is 12.6 Å². The Labute approximate surface area is 297 Å². The lowest BCUT2D eigenvalue weighted by Crippen LogP contribution is -2.46. The minimum atomic E-state index is -3.84. The van der Waals surface area contributed by atoms with Gasteiger partial charge in [0.15, 0.2) is 11.5 Å². The van der Waals surface area contributed by atoms with Crippen molar-refractivity contribution in [1.29, 1.82) is 0 Å². The maximum Gasteiger partial charge on any atom is 0.269 e. The predicted octanol–water partition coefficient (Wildman–Crippen LogP) is 3.38. The van der Waals surface area contributed by atoms with Gasteiger partial charge in [-0.2, -0.15) is 5.10 Å². The molecule has 1 unspecified atom stereocenters. The molecule has 2 saturated carbocycles. The monoisotopic (exact) mass is 735 g/mol. The first-order valence-corrected chi connectivity index (χ1v) is 18.3. The molecule has 4 amide bonds. The summed E-state index contributed by atoms with van der Waals surface area (Å²) in [6.07, 6.45) is 1.93. The van der Waals surface area contributed by atoms with Crippen molar-refractivity contribution in [2.45, 2.75) is 49.6 Å². The molecule has 7 rings (SSSR count). The number of hydrogen-bond acceptors (Lipinski definition) is 8. The van der Waals surface area contributed by atoms with Crippen LogP contribution in [0.4, 0.5) is 10.1 Å². The Bertz CT molecular complexity index is 2240. The van der Waals surface area contributed by atoms with Crippen molar-refractivity contribution in [1.82, 2.24) is 24.3 Å². The molecule has 2 heterocycles. The third-order valence-electron chi connectivity index (χ3n) is 9.79. The number of rotatable bonds is 11. The second kappa shape index (κ2) is 12.7. The van der Waals surface area contributed by atoms with Crippen molar-refractivity contribution in [3.63, 3.8) is 0 Å². The summed E-state index contributed by atoms with van der Waals surface area (Å²) in [4.78, 5) is 56.9. The van der Waals surface area contributed by atoms with Gasteiger partial charge in [0.2, 0.25) is 21.8 Å². The van der Waals surface area contributed by atoms with Crippen LogP contribution in [0.3, 0.4) is 0 Å². The molecule has 1 aliphatic heterocycles. The number of carbonyl (C=O) groups is 4. The van der Waals surface area contributed by atoms with Crippen LogP contribution in [0.15, 0.2) is 60.7 Å². The highest BCUT2D eigenvalue weighted by atomic mass is 35.5. The average molecular weight is 736 g/mol. The predicted molar refractivity (Wildman–Crippen MR) is 188 cm³/mol. The van der Waals surface area contributed by atoms with Gasteiger partial charge in [-0.05, 0) is 70.1 Å². The summed E-state index contributed by atoms with van der Waals surface area (Å²) >= 11 is 6.33. The minimum Gasteiger partial charge on any atom is -0.364 e. The zero-order valence-electron chi connectivity index (χ0n) is 27.7. The number of likely N-dealkylation sites (tertiary alicyclic amines) is 1. The Morgan fingerprint density at radius 1 is 1.04 bits per heavy atom. The molecule has 2 aliphatic carbocycles. The Hall–Kier alpha value is -4.86. The van der Waals surface area contributed by atoms with Crippen LogP contribution in [0.2, 0.25) is 5.02 Å². The summed E-state index contributed by atoms with van der Waals surface area (Å²) in [6, 6.07) is 14.3. The van der Waals surface area contributed by atoms with Crippen molar-refractivity contribution < 1.29 is 32.0 Å². The normalized spacial score (nSPS) is 21.1. The van der Waals surface area contributed by atoms with Gasteiger partial charge >= 0.3 is 0 Å². The summed E-state index contributed by atoms with van der Waals surface area (Å²) in [5, 5.41) is 6.97. The zero-order chi connectivity index (χ0) is 36.4. The molecule has 13 nitrogen and oxygen atoms in total. The standard InChI is InChI=1S/C35H35ClFN7O6S/c1-42(2)18-35-15-27(34(48)39-25-9-5-7-22(30(25)37)21-6-3-4-8-24(21)36)44(28(35)16-35)29(45)17-43-26-14-19(10-13-23(26)31(40-43)32(38)46)33(47)41-51(49,50)20-11-12-20/h3-10,13-14,20,27-28H,11-12,15-18H2,1-2H3,(H2,38,46)(H,39,48)(H,41,47)/t27-,28?,35-/m0/s1. The lowest BCUT2D eigenvalue weighted by molar-refractivity contribution is -0.138. The lowest BCUT2D eigenvalue weighted by atomic mass is 9.98. The first-order valence-electron chi connectivity index (χ1n) is 16.4. The first kappa shape index (κ1) is 34.6. The number of hydrogen-bond donors (Lipinski definition) is 3. The number of piperidine rings is 1. The highest BCUT2D eigenvalue weighted by Gasteiger charge is 2.67. The van der Waals surface area contributed by atoms with Crippen LogP contribution in [0.5, 0.6) is 0 Å². The highest BCUT2D eigenvalue weighted by molar-refractivity contribution is 7.91. The molecular weight excluding hydrogens is 701 g/mol. The van der Waals surface area contributed by atoms with E-state index in [1.165, 1.54) is 33.8 Å². The van der Waals surface area contributed by atoms with Crippen molar-refractivity contribution in [3.8, 4) is 11.1 Å². The number of carbonyl (C=O) groups excluding carboxylic acids is 4. The van der Waals surface area contributed by atoms with Crippen LogP contribution in [0.25, 0.3) is 22.0 Å². The van der Waals surface area contributed by atoms with Crippen LogP contribution in [-0.4, -0.2) is 89.6 Å². The van der Waals surface area contributed by atoms with Gasteiger partial charge in [-0.3, -0.25) is 23.9 Å². The van der Waals surface area contributed by atoms with Gasteiger partial charge in [0.25, 0.3) is 11.8 Å². The van der Waals surface area contributed by atoms with Crippen LogP contribution < -0.4 is 15.8 Å². The maximum absolute atomic E-state index is 15.8. The molecule has 4 N–H and O–H groups in total. The van der Waals surface area contributed by atoms with E-state index in [1.54, 1.807) is 36.4 Å². The molecule has 0 spiro atoms. The summed E-state index contributed by atoms with van der Waals surface area (Å²) < 4.78 is 44.0. The molecule has 1 saturated heterocycles. The average Bonchev–Trinajstić information content (AvgIpc) is 3.98. The quantitative estimate of drug-likeness (QED) is 0.210. The molecule has 4 aromatic rings. The Kier molecular flexibility index (Phi) is 8.63. The number of nitrogens with two attached hydrogens (primary N) is 1. The van der Waals surface area contributed by atoms with Crippen molar-refractivity contribution in [3.05, 3.63) is 82.8 Å². The van der Waals surface area contributed by atoms with Gasteiger partial charge in [-0.15, -0.1) is 0 Å². The molecule has 16 heteroatoms. The van der Waals surface area contributed by atoms with Crippen LogP contribution >= 0.6 is 11.6 Å². The van der Waals surface area contributed by atoms with Gasteiger partial charge in [-0.25, -0.2) is 17.5 Å². The number of primary amides is 1. The molecule has 3 aliphatic rings. The van der Waals surface area contributed by atoms with Crippen LogP contribution in [0.1, 0.15) is 46.5 Å². The number of nitrogens with one attached hydrogen (secondary N) is 2. The van der Waals surface area contributed by atoms with E-state index >= 15 is 4.39 Å². The number of sulfonamides is 1. The number of nitrogens with zero attached hydrogens (tertiary/aromatic N) is 4. The zero-order valence-corrected chi connectivity index (χ0v) is 29.3. The van der Waals surface area contributed by atoms with E-state index in [4.69, 9.17) is 17.3 Å². The summed E-state index contributed by atoms with van der Waals surface area (Å²) in [6.45, 7) is 0.185. The van der Waals surface area contributed by atoms with E-state index < -0.39 is 57.3 Å². The third-order valence-corrected chi connectivity index (χ3v) is 11.9. The van der Waals surface area contributed by atoms with Gasteiger partial charge in [0.05, 0.1) is 16.5 Å². The first-order chi connectivity index (χ1) is 24.2. The van der Waals surface area contributed by atoms with Crippen LogP contribution in [-0.2, 0) is 26.2 Å². The fourth-order valence-electron chi connectivity index (χ4n) is 7.28. The number of anilines is 1. The number of halogens is 2. The molecule has 3 aromatic carbocycles. The number of benzene rings is 3. The van der Waals surface area contributed by atoms with Gasteiger partial charge in [-0.1, -0.05) is 41.9 Å². The van der Waals surface area contributed by atoms with E-state index in [0.29, 0.717) is 42.8 Å². The molecule has 0 radical (unpaired) electrons. The topological polar surface area (TPSA) is 177 Å². The summed E-state index contributed by atoms with van der Waals surface area (Å²) in [5.74, 6) is -3.46. The third kappa shape index (κ3) is 6.45. The van der Waals surface area contributed by atoms with E-state index in [9.17, 15) is 27.6 Å². The van der Waals surface area contributed by atoms with E-state index in [-0.39, 0.29) is 44.9 Å². The van der Waals surface area contributed by atoms with E-state index in [0.717, 1.165) is 0 Å². The lowest BCUT2D eigenvalue weighted by Gasteiger charge is -2.27. The number of amides is 4.